The highest BCUT2D eigenvalue weighted by molar-refractivity contribution is 6.31. The Morgan fingerprint density at radius 1 is 1.29 bits per heavy atom. The lowest BCUT2D eigenvalue weighted by molar-refractivity contribution is 0.212. The van der Waals surface area contributed by atoms with Crippen molar-refractivity contribution in [1.82, 2.24) is 0 Å². The number of aliphatic hydroxyl groups is 1. The van der Waals surface area contributed by atoms with Gasteiger partial charge in [0.1, 0.15) is 0 Å². The summed E-state index contributed by atoms with van der Waals surface area (Å²) < 4.78 is 11.3. The number of benzene rings is 1. The van der Waals surface area contributed by atoms with Gasteiger partial charge in [0.25, 0.3) is 0 Å². The van der Waals surface area contributed by atoms with Crippen LogP contribution in [0.1, 0.15) is 25.8 Å². The van der Waals surface area contributed by atoms with Gasteiger partial charge in [0.2, 0.25) is 0 Å². The van der Waals surface area contributed by atoms with Crippen molar-refractivity contribution < 1.29 is 14.6 Å². The van der Waals surface area contributed by atoms with Crippen LogP contribution in [-0.4, -0.2) is 24.9 Å². The molecule has 2 rings (SSSR count). The molecule has 1 N–H and O–H groups in total. The second-order valence-corrected chi connectivity index (χ2v) is 5.25. The predicted molar refractivity (Wildman–Crippen MR) is 67.2 cm³/mol. The third kappa shape index (κ3) is 2.35. The smallest absolute Gasteiger partial charge is 0.166 e. The van der Waals surface area contributed by atoms with Crippen LogP contribution in [-0.2, 0) is 5.41 Å². The van der Waals surface area contributed by atoms with Crippen molar-refractivity contribution in [2.24, 2.45) is 0 Å². The topological polar surface area (TPSA) is 38.7 Å². The van der Waals surface area contributed by atoms with Gasteiger partial charge in [-0.2, -0.15) is 0 Å². The zero-order valence-electron chi connectivity index (χ0n) is 10.1. The van der Waals surface area contributed by atoms with E-state index in [1.807, 2.05) is 19.9 Å². The largest absolute Gasteiger partial charge is 0.490 e. The molecule has 0 atom stereocenters. The minimum atomic E-state index is -0.448. The number of aliphatic hydroxyl groups excluding tert-OH is 1. The first-order valence-corrected chi connectivity index (χ1v) is 6.13. The van der Waals surface area contributed by atoms with Crippen LogP contribution in [0.15, 0.2) is 12.1 Å². The number of halogens is 1. The van der Waals surface area contributed by atoms with Gasteiger partial charge in [0, 0.05) is 22.4 Å². The molecule has 0 saturated heterocycles. The molecule has 1 aromatic carbocycles. The van der Waals surface area contributed by atoms with Crippen LogP contribution >= 0.6 is 11.6 Å². The molecule has 3 nitrogen and oxygen atoms in total. The maximum absolute atomic E-state index is 9.49. The molecule has 94 valence electrons. The molecule has 0 aliphatic carbocycles. The summed E-state index contributed by atoms with van der Waals surface area (Å²) in [4.78, 5) is 0. The predicted octanol–water partition coefficient (Wildman–Crippen LogP) is 2.77. The number of rotatable bonds is 2. The molecule has 1 heterocycles. The van der Waals surface area contributed by atoms with Crippen molar-refractivity contribution in [3.63, 3.8) is 0 Å². The molecule has 0 unspecified atom stereocenters. The number of fused-ring (bicyclic) bond motifs is 1. The van der Waals surface area contributed by atoms with Gasteiger partial charge in [-0.15, -0.1) is 0 Å². The Morgan fingerprint density at radius 2 is 2.00 bits per heavy atom. The summed E-state index contributed by atoms with van der Waals surface area (Å²) in [6.07, 6.45) is 0.852. The van der Waals surface area contributed by atoms with E-state index in [-0.39, 0.29) is 6.61 Å². The summed E-state index contributed by atoms with van der Waals surface area (Å²) >= 11 is 6.23. The van der Waals surface area contributed by atoms with E-state index in [9.17, 15) is 5.11 Å². The molecule has 0 saturated carbocycles. The van der Waals surface area contributed by atoms with Crippen LogP contribution in [0.4, 0.5) is 0 Å². The lowest BCUT2D eigenvalue weighted by Crippen LogP contribution is -2.23. The highest BCUT2D eigenvalue weighted by Crippen LogP contribution is 2.43. The van der Waals surface area contributed by atoms with E-state index in [2.05, 4.69) is 0 Å². The third-order valence-electron chi connectivity index (χ3n) is 2.94. The average Bonchev–Trinajstić information content (AvgIpc) is 2.53. The van der Waals surface area contributed by atoms with Crippen molar-refractivity contribution in [3.05, 3.63) is 22.7 Å². The Bertz CT molecular complexity index is 415. The maximum Gasteiger partial charge on any atom is 0.166 e. The van der Waals surface area contributed by atoms with E-state index in [1.165, 1.54) is 0 Å². The third-order valence-corrected chi connectivity index (χ3v) is 3.25. The zero-order valence-corrected chi connectivity index (χ0v) is 10.9. The summed E-state index contributed by atoms with van der Waals surface area (Å²) in [5.74, 6) is 1.39. The van der Waals surface area contributed by atoms with Crippen molar-refractivity contribution >= 4 is 11.6 Å². The van der Waals surface area contributed by atoms with Crippen LogP contribution in [0.5, 0.6) is 11.5 Å². The van der Waals surface area contributed by atoms with Gasteiger partial charge in [-0.1, -0.05) is 25.4 Å². The molecule has 0 bridgehead atoms. The van der Waals surface area contributed by atoms with Gasteiger partial charge in [-0.3, -0.25) is 0 Å². The molecule has 4 heteroatoms. The summed E-state index contributed by atoms with van der Waals surface area (Å²) in [5, 5.41) is 10.1. The Hall–Kier alpha value is -0.930. The molecule has 0 amide bonds. The van der Waals surface area contributed by atoms with Gasteiger partial charge in [-0.05, 0) is 12.1 Å². The highest BCUT2D eigenvalue weighted by Gasteiger charge is 2.29. The number of hydrogen-bond acceptors (Lipinski definition) is 3. The first kappa shape index (κ1) is 12.5. The monoisotopic (exact) mass is 256 g/mol. The van der Waals surface area contributed by atoms with Crippen LogP contribution in [0.25, 0.3) is 0 Å². The molecule has 1 aromatic rings. The molecule has 17 heavy (non-hydrogen) atoms. The van der Waals surface area contributed by atoms with Gasteiger partial charge in [-0.25, -0.2) is 0 Å². The molecular formula is C13H17ClO3. The van der Waals surface area contributed by atoms with Gasteiger partial charge >= 0.3 is 0 Å². The normalized spacial score (nSPS) is 15.5. The number of ether oxygens (including phenoxy) is 2. The summed E-state index contributed by atoms with van der Waals surface area (Å²) in [5.41, 5.74) is 0.372. The van der Waals surface area contributed by atoms with E-state index >= 15 is 0 Å². The molecule has 1 aliphatic heterocycles. The average molecular weight is 257 g/mol. The minimum Gasteiger partial charge on any atom is -0.490 e. The first-order chi connectivity index (χ1) is 8.06. The first-order valence-electron chi connectivity index (χ1n) is 5.76. The van der Waals surface area contributed by atoms with Crippen LogP contribution < -0.4 is 9.47 Å². The van der Waals surface area contributed by atoms with Crippen molar-refractivity contribution in [2.45, 2.75) is 25.7 Å². The van der Waals surface area contributed by atoms with E-state index in [1.54, 1.807) is 6.07 Å². The molecule has 0 radical (unpaired) electrons. The lowest BCUT2D eigenvalue weighted by atomic mass is 9.84. The maximum atomic E-state index is 9.49. The van der Waals surface area contributed by atoms with Crippen molar-refractivity contribution in [2.75, 3.05) is 19.8 Å². The fraction of sp³-hybridized carbons (Fsp3) is 0.538. The fourth-order valence-corrected chi connectivity index (χ4v) is 2.33. The quantitative estimate of drug-likeness (QED) is 0.884. The second-order valence-electron chi connectivity index (χ2n) is 4.84. The molecule has 0 fully saturated rings. The SMILES string of the molecule is CC(C)(CO)c1c(Cl)ccc2c1OCCCO2. The highest BCUT2D eigenvalue weighted by atomic mass is 35.5. The Labute approximate surface area is 106 Å². The van der Waals surface area contributed by atoms with E-state index < -0.39 is 5.41 Å². The van der Waals surface area contributed by atoms with Gasteiger partial charge in [0.05, 0.1) is 19.8 Å². The fourth-order valence-electron chi connectivity index (χ4n) is 1.92. The van der Waals surface area contributed by atoms with E-state index in [0.717, 1.165) is 12.0 Å². The molecular weight excluding hydrogens is 240 g/mol. The molecule has 1 aliphatic rings. The van der Waals surface area contributed by atoms with E-state index in [0.29, 0.717) is 29.7 Å². The Morgan fingerprint density at radius 3 is 2.71 bits per heavy atom. The minimum absolute atomic E-state index is 0.00648. The van der Waals surface area contributed by atoms with Crippen LogP contribution in [0.3, 0.4) is 0 Å². The summed E-state index contributed by atoms with van der Waals surface area (Å²) in [6, 6.07) is 3.61. The molecule has 0 spiro atoms. The van der Waals surface area contributed by atoms with Crippen LogP contribution in [0, 0.1) is 0 Å². The van der Waals surface area contributed by atoms with Crippen molar-refractivity contribution in [1.29, 1.82) is 0 Å². The van der Waals surface area contributed by atoms with Gasteiger partial charge < -0.3 is 14.6 Å². The lowest BCUT2D eigenvalue weighted by Gasteiger charge is -2.26. The second kappa shape index (κ2) is 4.75. The zero-order chi connectivity index (χ0) is 12.5. The van der Waals surface area contributed by atoms with Gasteiger partial charge in [0.15, 0.2) is 11.5 Å². The summed E-state index contributed by atoms with van der Waals surface area (Å²) in [6.45, 7) is 5.13. The number of hydrogen-bond donors (Lipinski definition) is 1. The van der Waals surface area contributed by atoms with E-state index in [4.69, 9.17) is 21.1 Å². The van der Waals surface area contributed by atoms with Crippen LogP contribution in [0.2, 0.25) is 5.02 Å². The molecule has 0 aromatic heterocycles. The Balaban J connectivity index is 2.57. The standard InChI is InChI=1S/C13H17ClO3/c1-13(2,8-15)11-9(14)4-5-10-12(11)17-7-3-6-16-10/h4-5,15H,3,6-8H2,1-2H3. The summed E-state index contributed by atoms with van der Waals surface area (Å²) in [7, 11) is 0. The Kier molecular flexibility index (Phi) is 3.50. The van der Waals surface area contributed by atoms with Crippen molar-refractivity contribution in [3.8, 4) is 11.5 Å².